The van der Waals surface area contributed by atoms with Crippen molar-refractivity contribution in [2.24, 2.45) is 5.92 Å². The molecule has 118 valence electrons. The maximum absolute atomic E-state index is 13.8. The van der Waals surface area contributed by atoms with Gasteiger partial charge in [-0.3, -0.25) is 9.35 Å². The summed E-state index contributed by atoms with van der Waals surface area (Å²) < 4.78 is 57.1. The molecule has 0 fully saturated rings. The second-order valence-electron chi connectivity index (χ2n) is 5.06. The number of hydrogen-bond donors (Lipinski definition) is 2. The van der Waals surface area contributed by atoms with Gasteiger partial charge < -0.3 is 5.32 Å². The van der Waals surface area contributed by atoms with E-state index in [9.17, 15) is 22.0 Å². The highest BCUT2D eigenvalue weighted by atomic mass is 32.2. The van der Waals surface area contributed by atoms with Crippen LogP contribution in [0.4, 0.5) is 8.78 Å². The summed E-state index contributed by atoms with van der Waals surface area (Å²) >= 11 is 0. The van der Waals surface area contributed by atoms with Crippen molar-refractivity contribution in [3.63, 3.8) is 0 Å². The van der Waals surface area contributed by atoms with Gasteiger partial charge >= 0.3 is 0 Å². The Labute approximate surface area is 122 Å². The van der Waals surface area contributed by atoms with E-state index in [4.69, 9.17) is 4.55 Å². The molecule has 0 heterocycles. The van der Waals surface area contributed by atoms with Crippen LogP contribution in [0.25, 0.3) is 0 Å². The van der Waals surface area contributed by atoms with Crippen molar-refractivity contribution in [1.82, 2.24) is 5.32 Å². The first-order valence-electron chi connectivity index (χ1n) is 6.31. The van der Waals surface area contributed by atoms with Gasteiger partial charge in [-0.1, -0.05) is 13.8 Å². The number of halogens is 2. The van der Waals surface area contributed by atoms with Crippen LogP contribution in [0.5, 0.6) is 0 Å². The van der Waals surface area contributed by atoms with Crippen LogP contribution in [0, 0.1) is 17.6 Å². The van der Waals surface area contributed by atoms with Gasteiger partial charge in [-0.15, -0.1) is 0 Å². The minimum absolute atomic E-state index is 0.0587. The van der Waals surface area contributed by atoms with Crippen molar-refractivity contribution >= 4 is 16.0 Å². The highest BCUT2D eigenvalue weighted by Gasteiger charge is 2.16. The first-order chi connectivity index (χ1) is 9.60. The Morgan fingerprint density at radius 1 is 1.29 bits per heavy atom. The summed E-state index contributed by atoms with van der Waals surface area (Å²) in [6, 6.07) is 1.81. The van der Waals surface area contributed by atoms with Gasteiger partial charge in [0.2, 0.25) is 0 Å². The van der Waals surface area contributed by atoms with Gasteiger partial charge in [0, 0.05) is 17.7 Å². The van der Waals surface area contributed by atoms with Crippen molar-refractivity contribution < 1.29 is 26.5 Å². The van der Waals surface area contributed by atoms with Crippen LogP contribution >= 0.6 is 0 Å². The Balaban J connectivity index is 2.82. The number of carbonyl (C=O) groups excluding carboxylic acids is 1. The van der Waals surface area contributed by atoms with Crippen LogP contribution < -0.4 is 5.32 Å². The van der Waals surface area contributed by atoms with E-state index in [0.29, 0.717) is 0 Å². The second-order valence-corrected chi connectivity index (χ2v) is 6.63. The highest BCUT2D eigenvalue weighted by Crippen LogP contribution is 2.19. The zero-order chi connectivity index (χ0) is 16.2. The van der Waals surface area contributed by atoms with Gasteiger partial charge in [-0.2, -0.15) is 8.42 Å². The Morgan fingerprint density at radius 2 is 1.81 bits per heavy atom. The Hall–Kier alpha value is -1.54. The normalized spacial score (nSPS) is 11.7. The molecule has 0 aromatic heterocycles. The molecule has 0 aliphatic rings. The zero-order valence-electron chi connectivity index (χ0n) is 11.7. The van der Waals surface area contributed by atoms with Crippen molar-refractivity contribution in [3.05, 3.63) is 34.9 Å². The Kier molecular flexibility index (Phi) is 5.79. The van der Waals surface area contributed by atoms with Gasteiger partial charge in [0.05, 0.1) is 5.75 Å². The molecule has 0 saturated carbocycles. The first kappa shape index (κ1) is 17.5. The van der Waals surface area contributed by atoms with Crippen molar-refractivity contribution in [2.45, 2.75) is 20.3 Å². The lowest BCUT2D eigenvalue weighted by Gasteiger charge is -2.10. The summed E-state index contributed by atoms with van der Waals surface area (Å²) in [6.45, 7) is 3.28. The van der Waals surface area contributed by atoms with Crippen molar-refractivity contribution in [3.8, 4) is 0 Å². The zero-order valence-corrected chi connectivity index (χ0v) is 12.5. The van der Waals surface area contributed by atoms with E-state index >= 15 is 0 Å². The van der Waals surface area contributed by atoms with Crippen LogP contribution in [0.2, 0.25) is 0 Å². The summed E-state index contributed by atoms with van der Waals surface area (Å²) in [7, 11) is -4.20. The third-order valence-corrected chi connectivity index (χ3v) is 3.38. The minimum Gasteiger partial charge on any atom is -0.351 e. The number of benzene rings is 1. The predicted octanol–water partition coefficient (Wildman–Crippen LogP) is 1.78. The molecule has 0 spiro atoms. The molecule has 0 aliphatic heterocycles. The fourth-order valence-corrected chi connectivity index (χ4v) is 2.09. The monoisotopic (exact) mass is 321 g/mol. The predicted molar refractivity (Wildman–Crippen MR) is 73.6 cm³/mol. The van der Waals surface area contributed by atoms with E-state index in [2.05, 4.69) is 5.32 Å². The molecular formula is C13H17F2NO4S. The van der Waals surface area contributed by atoms with Crippen LogP contribution in [-0.2, 0) is 16.5 Å². The fraction of sp³-hybridized carbons (Fsp3) is 0.462. The Morgan fingerprint density at radius 3 is 2.24 bits per heavy atom. The number of hydrogen-bond acceptors (Lipinski definition) is 3. The summed E-state index contributed by atoms with van der Waals surface area (Å²) in [5.74, 6) is -3.06. The fourth-order valence-electron chi connectivity index (χ4n) is 1.73. The first-order valence-corrected chi connectivity index (χ1v) is 7.92. The number of nitrogens with one attached hydrogen (secondary N) is 1. The number of carbonyl (C=O) groups is 1. The van der Waals surface area contributed by atoms with Crippen LogP contribution in [0.1, 0.15) is 29.8 Å². The average Bonchev–Trinajstić information content (AvgIpc) is 2.31. The number of amides is 1. The van der Waals surface area contributed by atoms with Crippen LogP contribution in [0.15, 0.2) is 12.1 Å². The smallest absolute Gasteiger partial charge is 0.266 e. The van der Waals surface area contributed by atoms with E-state index in [-0.39, 0.29) is 30.0 Å². The van der Waals surface area contributed by atoms with Gasteiger partial charge in [0.25, 0.3) is 16.0 Å². The summed E-state index contributed by atoms with van der Waals surface area (Å²) in [5.41, 5.74) is -0.327. The SMILES string of the molecule is CC(C)Cc1c(F)cc(C(=O)NCCS(=O)(=O)O)cc1F. The second kappa shape index (κ2) is 6.95. The van der Waals surface area contributed by atoms with Crippen LogP contribution in [-0.4, -0.2) is 31.2 Å². The molecule has 0 radical (unpaired) electrons. The number of rotatable bonds is 6. The third-order valence-electron chi connectivity index (χ3n) is 2.66. The van der Waals surface area contributed by atoms with E-state index in [1.165, 1.54) is 0 Å². The molecule has 0 bridgehead atoms. The summed E-state index contributed by atoms with van der Waals surface area (Å²) in [4.78, 5) is 11.6. The lowest BCUT2D eigenvalue weighted by Crippen LogP contribution is -2.29. The quantitative estimate of drug-likeness (QED) is 0.782. The molecule has 0 atom stereocenters. The molecular weight excluding hydrogens is 304 g/mol. The Bertz CT molecular complexity index is 606. The van der Waals surface area contributed by atoms with Crippen molar-refractivity contribution in [1.29, 1.82) is 0 Å². The molecule has 2 N–H and O–H groups in total. The lowest BCUT2D eigenvalue weighted by atomic mass is 10.00. The highest BCUT2D eigenvalue weighted by molar-refractivity contribution is 7.85. The minimum atomic E-state index is -4.20. The molecule has 8 heteroatoms. The third kappa shape index (κ3) is 5.76. The standard InChI is InChI=1S/C13H17F2NO4S/c1-8(2)5-10-11(14)6-9(7-12(10)15)13(17)16-3-4-21(18,19)20/h6-8H,3-5H2,1-2H3,(H,16,17)(H,18,19,20). The molecule has 1 rings (SSSR count). The van der Waals surface area contributed by atoms with Gasteiger partial charge in [-0.05, 0) is 24.5 Å². The molecule has 1 aromatic rings. The van der Waals surface area contributed by atoms with Crippen LogP contribution in [0.3, 0.4) is 0 Å². The average molecular weight is 321 g/mol. The van der Waals surface area contributed by atoms with Gasteiger partial charge in [0.1, 0.15) is 11.6 Å². The summed E-state index contributed by atoms with van der Waals surface area (Å²) in [5, 5.41) is 2.16. The summed E-state index contributed by atoms with van der Waals surface area (Å²) in [6.07, 6.45) is 0.211. The maximum Gasteiger partial charge on any atom is 0.266 e. The van der Waals surface area contributed by atoms with Crippen molar-refractivity contribution in [2.75, 3.05) is 12.3 Å². The lowest BCUT2D eigenvalue weighted by molar-refractivity contribution is 0.0955. The van der Waals surface area contributed by atoms with E-state index in [0.717, 1.165) is 12.1 Å². The topological polar surface area (TPSA) is 83.5 Å². The van der Waals surface area contributed by atoms with Gasteiger partial charge in [-0.25, -0.2) is 8.78 Å². The molecule has 21 heavy (non-hydrogen) atoms. The maximum atomic E-state index is 13.8. The molecule has 1 aromatic carbocycles. The molecule has 1 amide bonds. The molecule has 0 aliphatic carbocycles. The van der Waals surface area contributed by atoms with E-state index < -0.39 is 33.4 Å². The van der Waals surface area contributed by atoms with Gasteiger partial charge in [0.15, 0.2) is 0 Å². The molecule has 0 unspecified atom stereocenters. The molecule has 5 nitrogen and oxygen atoms in total. The largest absolute Gasteiger partial charge is 0.351 e. The molecule has 0 saturated heterocycles. The van der Waals surface area contributed by atoms with E-state index in [1.54, 1.807) is 0 Å². The van der Waals surface area contributed by atoms with E-state index in [1.807, 2.05) is 13.8 Å².